The van der Waals surface area contributed by atoms with Crippen molar-refractivity contribution in [1.29, 1.82) is 0 Å². The summed E-state index contributed by atoms with van der Waals surface area (Å²) in [6, 6.07) is 20.4. The zero-order valence-corrected chi connectivity index (χ0v) is 17.1. The lowest BCUT2D eigenvalue weighted by atomic mass is 9.98. The van der Waals surface area contributed by atoms with Crippen molar-refractivity contribution in [2.45, 2.75) is 10.9 Å². The minimum atomic E-state index is -0.537. The van der Waals surface area contributed by atoms with Crippen LogP contribution in [0.15, 0.2) is 88.2 Å². The van der Waals surface area contributed by atoms with Gasteiger partial charge in [0.15, 0.2) is 0 Å². The molecule has 1 unspecified atom stereocenters. The number of amides is 2. The van der Waals surface area contributed by atoms with Crippen molar-refractivity contribution in [1.82, 2.24) is 0 Å². The van der Waals surface area contributed by atoms with E-state index in [2.05, 4.69) is 5.32 Å². The number of carbonyl (C=O) groups is 2. The van der Waals surface area contributed by atoms with Crippen LogP contribution in [0.3, 0.4) is 0 Å². The van der Waals surface area contributed by atoms with Gasteiger partial charge in [-0.25, -0.2) is 4.90 Å². The highest BCUT2D eigenvalue weighted by atomic mass is 35.5. The van der Waals surface area contributed by atoms with Gasteiger partial charge < -0.3 is 10.4 Å². The SMILES string of the molecule is O=C1C2=C(C(=O)N1c1ccc(Cl)cc1)C(c1ccc(O)cc1)Nc1ccccc1S2. The number of fused-ring (bicyclic) bond motifs is 1. The maximum Gasteiger partial charge on any atom is 0.272 e. The van der Waals surface area contributed by atoms with Gasteiger partial charge in [-0.3, -0.25) is 9.59 Å². The number of rotatable bonds is 2. The molecule has 148 valence electrons. The molecule has 2 N–H and O–H groups in total. The van der Waals surface area contributed by atoms with Crippen molar-refractivity contribution < 1.29 is 14.7 Å². The number of imide groups is 1. The molecule has 30 heavy (non-hydrogen) atoms. The number of anilines is 2. The van der Waals surface area contributed by atoms with Gasteiger partial charge in [-0.15, -0.1) is 0 Å². The number of carbonyl (C=O) groups excluding carboxylic acids is 2. The maximum atomic E-state index is 13.5. The Labute approximate surface area is 182 Å². The third kappa shape index (κ3) is 3.05. The Balaban J connectivity index is 1.65. The molecule has 2 aliphatic rings. The van der Waals surface area contributed by atoms with E-state index in [0.29, 0.717) is 21.2 Å². The fraction of sp³-hybridized carbons (Fsp3) is 0.0435. The van der Waals surface area contributed by atoms with Crippen LogP contribution in [0, 0.1) is 0 Å². The highest BCUT2D eigenvalue weighted by molar-refractivity contribution is 8.04. The van der Waals surface area contributed by atoms with Gasteiger partial charge in [-0.05, 0) is 54.1 Å². The molecule has 0 spiro atoms. The number of halogens is 1. The van der Waals surface area contributed by atoms with Crippen LogP contribution >= 0.6 is 23.4 Å². The molecule has 0 aromatic heterocycles. The summed E-state index contributed by atoms with van der Waals surface area (Å²) in [7, 11) is 0. The molecular weight excluding hydrogens is 420 g/mol. The van der Waals surface area contributed by atoms with Crippen LogP contribution in [0.1, 0.15) is 11.6 Å². The van der Waals surface area contributed by atoms with E-state index >= 15 is 0 Å². The monoisotopic (exact) mass is 434 g/mol. The number of aromatic hydroxyl groups is 1. The number of phenols is 1. The second-order valence-electron chi connectivity index (χ2n) is 6.93. The first-order valence-electron chi connectivity index (χ1n) is 9.24. The van der Waals surface area contributed by atoms with Crippen molar-refractivity contribution in [2.24, 2.45) is 0 Å². The molecule has 5 nitrogen and oxygen atoms in total. The molecule has 2 heterocycles. The van der Waals surface area contributed by atoms with Gasteiger partial charge in [0.1, 0.15) is 5.75 Å². The molecule has 3 aromatic carbocycles. The molecular formula is C23H15ClN2O3S. The molecule has 1 atom stereocenters. The molecule has 0 saturated carbocycles. The Bertz CT molecular complexity index is 1210. The van der Waals surface area contributed by atoms with Crippen LogP contribution < -0.4 is 10.2 Å². The van der Waals surface area contributed by atoms with Crippen molar-refractivity contribution >= 4 is 46.6 Å². The fourth-order valence-electron chi connectivity index (χ4n) is 3.63. The van der Waals surface area contributed by atoms with Crippen LogP contribution in [-0.2, 0) is 9.59 Å². The third-order valence-corrected chi connectivity index (χ3v) is 6.50. The second-order valence-corrected chi connectivity index (χ2v) is 8.42. The van der Waals surface area contributed by atoms with E-state index < -0.39 is 6.04 Å². The number of hydrogen-bond acceptors (Lipinski definition) is 5. The number of thioether (sulfide) groups is 1. The molecule has 0 radical (unpaired) electrons. The number of para-hydroxylation sites is 1. The van der Waals surface area contributed by atoms with E-state index in [9.17, 15) is 14.7 Å². The highest BCUT2D eigenvalue weighted by Crippen LogP contribution is 2.48. The van der Waals surface area contributed by atoms with Gasteiger partial charge in [-0.1, -0.05) is 47.6 Å². The normalized spacial score (nSPS) is 18.0. The van der Waals surface area contributed by atoms with Crippen molar-refractivity contribution in [3.8, 4) is 5.75 Å². The lowest BCUT2D eigenvalue weighted by Gasteiger charge is -2.22. The summed E-state index contributed by atoms with van der Waals surface area (Å²) in [5.41, 5.74) is 2.48. The van der Waals surface area contributed by atoms with E-state index in [-0.39, 0.29) is 17.6 Å². The quantitative estimate of drug-likeness (QED) is 0.547. The van der Waals surface area contributed by atoms with Gasteiger partial charge in [0.25, 0.3) is 11.8 Å². The minimum Gasteiger partial charge on any atom is -0.508 e. The van der Waals surface area contributed by atoms with Crippen LogP contribution in [0.25, 0.3) is 0 Å². The van der Waals surface area contributed by atoms with E-state index in [0.717, 1.165) is 16.1 Å². The predicted molar refractivity (Wildman–Crippen MR) is 118 cm³/mol. The van der Waals surface area contributed by atoms with Crippen LogP contribution in [0.2, 0.25) is 5.02 Å². The Morgan fingerprint density at radius 1 is 0.900 bits per heavy atom. The number of nitrogens with one attached hydrogen (secondary N) is 1. The number of hydrogen-bond donors (Lipinski definition) is 2. The summed E-state index contributed by atoms with van der Waals surface area (Å²) in [4.78, 5) is 29.3. The zero-order chi connectivity index (χ0) is 20.8. The highest BCUT2D eigenvalue weighted by Gasteiger charge is 2.45. The third-order valence-electron chi connectivity index (χ3n) is 5.07. The smallest absolute Gasteiger partial charge is 0.272 e. The summed E-state index contributed by atoms with van der Waals surface area (Å²) in [6.45, 7) is 0. The Morgan fingerprint density at radius 3 is 2.33 bits per heavy atom. The van der Waals surface area contributed by atoms with Crippen molar-refractivity contribution in [3.63, 3.8) is 0 Å². The molecule has 3 aromatic rings. The van der Waals surface area contributed by atoms with Gasteiger partial charge in [0, 0.05) is 15.6 Å². The minimum absolute atomic E-state index is 0.132. The fourth-order valence-corrected chi connectivity index (χ4v) is 4.86. The first-order chi connectivity index (χ1) is 14.5. The predicted octanol–water partition coefficient (Wildman–Crippen LogP) is 5.13. The van der Waals surface area contributed by atoms with Crippen molar-refractivity contribution in [2.75, 3.05) is 10.2 Å². The molecule has 0 aliphatic carbocycles. The van der Waals surface area contributed by atoms with Gasteiger partial charge in [0.05, 0.1) is 22.2 Å². The van der Waals surface area contributed by atoms with E-state index in [1.54, 1.807) is 48.5 Å². The first-order valence-corrected chi connectivity index (χ1v) is 10.4. The molecule has 7 heteroatoms. The summed E-state index contributed by atoms with van der Waals surface area (Å²) in [5, 5.41) is 13.6. The van der Waals surface area contributed by atoms with Gasteiger partial charge in [-0.2, -0.15) is 0 Å². The largest absolute Gasteiger partial charge is 0.508 e. The van der Waals surface area contributed by atoms with Crippen molar-refractivity contribution in [3.05, 3.63) is 93.9 Å². The van der Waals surface area contributed by atoms with Gasteiger partial charge >= 0.3 is 0 Å². The topological polar surface area (TPSA) is 69.6 Å². The Morgan fingerprint density at radius 2 is 1.60 bits per heavy atom. The zero-order valence-electron chi connectivity index (χ0n) is 15.5. The molecule has 2 aliphatic heterocycles. The summed E-state index contributed by atoms with van der Waals surface area (Å²) >= 11 is 7.27. The lowest BCUT2D eigenvalue weighted by molar-refractivity contribution is -0.120. The average molecular weight is 435 g/mol. The molecule has 0 fully saturated rings. The second kappa shape index (κ2) is 7.23. The van der Waals surface area contributed by atoms with Crippen LogP contribution in [0.4, 0.5) is 11.4 Å². The lowest BCUT2D eigenvalue weighted by Crippen LogP contribution is -2.33. The van der Waals surface area contributed by atoms with Crippen LogP contribution in [-0.4, -0.2) is 16.9 Å². The maximum absolute atomic E-state index is 13.5. The van der Waals surface area contributed by atoms with E-state index in [1.807, 2.05) is 24.3 Å². The number of phenolic OH excluding ortho intramolecular Hbond substituents is 1. The first kappa shape index (κ1) is 18.8. The Hall–Kier alpha value is -3.22. The molecule has 0 saturated heterocycles. The standard InChI is InChI=1S/C23H15ClN2O3S/c24-14-7-9-15(10-8-14)26-22(28)19-20(13-5-11-16(27)12-6-13)25-17-3-1-2-4-18(17)30-21(19)23(26)29/h1-12,20,25,27H. The van der Waals surface area contributed by atoms with Crippen LogP contribution in [0.5, 0.6) is 5.75 Å². The summed E-state index contributed by atoms with van der Waals surface area (Å²) in [5.74, 6) is -0.597. The van der Waals surface area contributed by atoms with Gasteiger partial charge in [0.2, 0.25) is 0 Å². The number of nitrogens with zero attached hydrogens (tertiary/aromatic N) is 1. The Kier molecular flexibility index (Phi) is 4.53. The molecule has 5 rings (SSSR count). The summed E-state index contributed by atoms with van der Waals surface area (Å²) < 4.78 is 0. The average Bonchev–Trinajstić information content (AvgIpc) is 2.89. The molecule has 2 amide bonds. The summed E-state index contributed by atoms with van der Waals surface area (Å²) in [6.07, 6.45) is 0. The van der Waals surface area contributed by atoms with E-state index in [4.69, 9.17) is 11.6 Å². The van der Waals surface area contributed by atoms with E-state index in [1.165, 1.54) is 16.7 Å². The molecule has 0 bridgehead atoms. The number of benzene rings is 3.